The number of β-amino-alcohol motifs (C(OH)–C–C–N with tert-alkyl or cyclic N) is 1. The van der Waals surface area contributed by atoms with Crippen LogP contribution in [0, 0.1) is 0 Å². The Morgan fingerprint density at radius 1 is 1.30 bits per heavy atom. The fourth-order valence-electron chi connectivity index (χ4n) is 3.58. The molecule has 0 aromatic heterocycles. The highest BCUT2D eigenvalue weighted by Gasteiger charge is 2.34. The van der Waals surface area contributed by atoms with Gasteiger partial charge < -0.3 is 20.1 Å². The number of hydrogen-bond acceptors (Lipinski definition) is 4. The summed E-state index contributed by atoms with van der Waals surface area (Å²) < 4.78 is 6.00. The molecule has 2 aliphatic heterocycles. The number of aliphatic hydroxyl groups excluding tert-OH is 1. The smallest absolute Gasteiger partial charge is 0.0791 e. The summed E-state index contributed by atoms with van der Waals surface area (Å²) >= 11 is 0. The van der Waals surface area contributed by atoms with Crippen LogP contribution in [0.3, 0.4) is 0 Å². The predicted octanol–water partition coefficient (Wildman–Crippen LogP) is 1.77. The van der Waals surface area contributed by atoms with E-state index in [2.05, 4.69) is 24.1 Å². The van der Waals surface area contributed by atoms with E-state index >= 15 is 0 Å². The minimum atomic E-state index is -0.242. The Morgan fingerprint density at radius 3 is 2.65 bits per heavy atom. The molecule has 0 aliphatic carbocycles. The monoisotopic (exact) mass is 284 g/mol. The largest absolute Gasteiger partial charge is 0.390 e. The molecule has 2 saturated heterocycles. The molecule has 0 saturated carbocycles. The molecule has 2 atom stereocenters. The lowest BCUT2D eigenvalue weighted by atomic mass is 9.86. The highest BCUT2D eigenvalue weighted by molar-refractivity contribution is 4.88. The molecule has 0 aromatic carbocycles. The van der Waals surface area contributed by atoms with Crippen molar-refractivity contribution in [2.24, 2.45) is 0 Å². The van der Waals surface area contributed by atoms with Crippen LogP contribution in [0.2, 0.25) is 0 Å². The van der Waals surface area contributed by atoms with Crippen LogP contribution in [-0.4, -0.2) is 60.5 Å². The Labute approximate surface area is 123 Å². The lowest BCUT2D eigenvalue weighted by Gasteiger charge is -2.40. The highest BCUT2D eigenvalue weighted by Crippen LogP contribution is 2.31. The first-order chi connectivity index (χ1) is 9.67. The molecule has 2 N–H and O–H groups in total. The third-order valence-corrected chi connectivity index (χ3v) is 5.09. The van der Waals surface area contributed by atoms with Gasteiger partial charge in [0, 0.05) is 25.7 Å². The van der Waals surface area contributed by atoms with Crippen LogP contribution >= 0.6 is 0 Å². The third kappa shape index (κ3) is 4.42. The average Bonchev–Trinajstić information content (AvgIpc) is 2.98. The maximum atomic E-state index is 10.1. The van der Waals surface area contributed by atoms with Crippen LogP contribution in [0.1, 0.15) is 52.4 Å². The van der Waals surface area contributed by atoms with Crippen LogP contribution in [0.15, 0.2) is 0 Å². The van der Waals surface area contributed by atoms with Crippen molar-refractivity contribution in [2.75, 3.05) is 32.8 Å². The van der Waals surface area contributed by atoms with E-state index in [1.807, 2.05) is 0 Å². The molecule has 20 heavy (non-hydrogen) atoms. The molecular formula is C16H32N2O2. The molecule has 0 spiro atoms. The fraction of sp³-hybridized carbons (Fsp3) is 1.00. The van der Waals surface area contributed by atoms with Gasteiger partial charge in [-0.25, -0.2) is 0 Å². The molecule has 0 bridgehead atoms. The van der Waals surface area contributed by atoms with Crippen molar-refractivity contribution in [2.45, 2.75) is 70.1 Å². The Balaban J connectivity index is 1.70. The standard InChI is InChI=1S/C16H32N2O2/c1-3-16(4-2)11-14(7-10-20-16)17-12-15(19)13-18-8-5-6-9-18/h14-15,17,19H,3-13H2,1-2H3. The van der Waals surface area contributed by atoms with Crippen LogP contribution in [-0.2, 0) is 4.74 Å². The van der Waals surface area contributed by atoms with Gasteiger partial charge in [-0.05, 0) is 51.6 Å². The summed E-state index contributed by atoms with van der Waals surface area (Å²) in [5.41, 5.74) is 0.0653. The summed E-state index contributed by atoms with van der Waals surface area (Å²) in [5.74, 6) is 0. The molecule has 2 fully saturated rings. The summed E-state index contributed by atoms with van der Waals surface area (Å²) in [6.45, 7) is 9.13. The predicted molar refractivity (Wildman–Crippen MR) is 82.0 cm³/mol. The van der Waals surface area contributed by atoms with Gasteiger partial charge in [-0.2, -0.15) is 0 Å². The van der Waals surface area contributed by atoms with E-state index in [-0.39, 0.29) is 11.7 Å². The topological polar surface area (TPSA) is 44.7 Å². The summed E-state index contributed by atoms with van der Waals surface area (Å²) in [4.78, 5) is 2.37. The molecule has 2 heterocycles. The van der Waals surface area contributed by atoms with Gasteiger partial charge in [0.2, 0.25) is 0 Å². The molecule has 0 aromatic rings. The Morgan fingerprint density at radius 2 is 2.00 bits per heavy atom. The van der Waals surface area contributed by atoms with E-state index < -0.39 is 0 Å². The highest BCUT2D eigenvalue weighted by atomic mass is 16.5. The summed E-state index contributed by atoms with van der Waals surface area (Å²) in [6, 6.07) is 0.497. The van der Waals surface area contributed by atoms with Crippen molar-refractivity contribution in [3.8, 4) is 0 Å². The lowest BCUT2D eigenvalue weighted by molar-refractivity contribution is -0.0938. The van der Waals surface area contributed by atoms with Gasteiger partial charge in [-0.1, -0.05) is 13.8 Å². The van der Waals surface area contributed by atoms with Crippen molar-refractivity contribution in [1.29, 1.82) is 0 Å². The van der Waals surface area contributed by atoms with E-state index in [4.69, 9.17) is 4.74 Å². The normalized spacial score (nSPS) is 28.6. The zero-order chi connectivity index (χ0) is 14.4. The quantitative estimate of drug-likeness (QED) is 0.748. The molecule has 2 unspecified atom stereocenters. The summed E-state index contributed by atoms with van der Waals surface area (Å²) in [5, 5.41) is 13.7. The summed E-state index contributed by atoms with van der Waals surface area (Å²) in [7, 11) is 0. The van der Waals surface area contributed by atoms with Gasteiger partial charge in [-0.15, -0.1) is 0 Å². The van der Waals surface area contributed by atoms with Crippen molar-refractivity contribution in [3.05, 3.63) is 0 Å². The van der Waals surface area contributed by atoms with E-state index in [0.717, 1.165) is 51.9 Å². The molecular weight excluding hydrogens is 252 g/mol. The fourth-order valence-corrected chi connectivity index (χ4v) is 3.58. The van der Waals surface area contributed by atoms with Gasteiger partial charge >= 0.3 is 0 Å². The van der Waals surface area contributed by atoms with E-state index in [1.165, 1.54) is 12.8 Å². The van der Waals surface area contributed by atoms with Crippen molar-refractivity contribution < 1.29 is 9.84 Å². The molecule has 4 heteroatoms. The minimum Gasteiger partial charge on any atom is -0.390 e. The average molecular weight is 284 g/mol. The Bertz CT molecular complexity index is 276. The molecule has 118 valence electrons. The number of ether oxygens (including phenoxy) is 1. The Hall–Kier alpha value is -0.160. The molecule has 2 rings (SSSR count). The SMILES string of the molecule is CCC1(CC)CC(NCC(O)CN2CCCC2)CCO1. The van der Waals surface area contributed by atoms with E-state index in [0.29, 0.717) is 12.6 Å². The first-order valence-electron chi connectivity index (χ1n) is 8.45. The number of likely N-dealkylation sites (tertiary alicyclic amines) is 1. The maximum absolute atomic E-state index is 10.1. The van der Waals surface area contributed by atoms with Crippen molar-refractivity contribution >= 4 is 0 Å². The number of rotatable bonds is 7. The van der Waals surface area contributed by atoms with Gasteiger partial charge in [-0.3, -0.25) is 0 Å². The van der Waals surface area contributed by atoms with Gasteiger partial charge in [0.15, 0.2) is 0 Å². The van der Waals surface area contributed by atoms with Crippen LogP contribution in [0.5, 0.6) is 0 Å². The van der Waals surface area contributed by atoms with Crippen molar-refractivity contribution in [3.63, 3.8) is 0 Å². The zero-order valence-corrected chi connectivity index (χ0v) is 13.2. The van der Waals surface area contributed by atoms with Gasteiger partial charge in [0.25, 0.3) is 0 Å². The van der Waals surface area contributed by atoms with Gasteiger partial charge in [0.1, 0.15) is 0 Å². The molecule has 4 nitrogen and oxygen atoms in total. The first kappa shape index (κ1) is 16.2. The van der Waals surface area contributed by atoms with Gasteiger partial charge in [0.05, 0.1) is 11.7 Å². The van der Waals surface area contributed by atoms with E-state index in [9.17, 15) is 5.11 Å². The first-order valence-corrected chi connectivity index (χ1v) is 8.45. The summed E-state index contributed by atoms with van der Waals surface area (Å²) in [6.07, 6.45) is 6.64. The second kappa shape index (κ2) is 7.74. The number of hydrogen-bond donors (Lipinski definition) is 2. The number of nitrogens with one attached hydrogen (secondary N) is 1. The van der Waals surface area contributed by atoms with Crippen LogP contribution in [0.25, 0.3) is 0 Å². The molecule has 0 amide bonds. The Kier molecular flexibility index (Phi) is 6.27. The molecule has 2 aliphatic rings. The zero-order valence-electron chi connectivity index (χ0n) is 13.2. The maximum Gasteiger partial charge on any atom is 0.0791 e. The third-order valence-electron chi connectivity index (χ3n) is 5.09. The van der Waals surface area contributed by atoms with E-state index in [1.54, 1.807) is 0 Å². The second-order valence-electron chi connectivity index (χ2n) is 6.50. The number of nitrogens with zero attached hydrogens (tertiary/aromatic N) is 1. The van der Waals surface area contributed by atoms with Crippen molar-refractivity contribution in [1.82, 2.24) is 10.2 Å². The lowest BCUT2D eigenvalue weighted by Crippen LogP contribution is -2.49. The van der Waals surface area contributed by atoms with Crippen LogP contribution < -0.4 is 5.32 Å². The second-order valence-corrected chi connectivity index (χ2v) is 6.50. The number of aliphatic hydroxyl groups is 1. The minimum absolute atomic E-state index is 0.0653. The molecule has 0 radical (unpaired) electrons. The van der Waals surface area contributed by atoms with Crippen LogP contribution in [0.4, 0.5) is 0 Å².